The molecule has 2 aromatic rings. The topological polar surface area (TPSA) is 24.9 Å². The van der Waals surface area contributed by atoms with Crippen molar-refractivity contribution in [3.8, 4) is 0 Å². The first-order valence-corrected chi connectivity index (χ1v) is 7.03. The summed E-state index contributed by atoms with van der Waals surface area (Å²) in [5.74, 6) is 0. The summed E-state index contributed by atoms with van der Waals surface area (Å²) in [6, 6.07) is 10.1. The lowest BCUT2D eigenvalue weighted by Gasteiger charge is -2.18. The van der Waals surface area contributed by atoms with Gasteiger partial charge in [0, 0.05) is 18.4 Å². The van der Waals surface area contributed by atoms with Gasteiger partial charge < -0.3 is 5.32 Å². The lowest BCUT2D eigenvalue weighted by atomic mass is 10.00. The van der Waals surface area contributed by atoms with Gasteiger partial charge in [-0.3, -0.25) is 4.98 Å². The van der Waals surface area contributed by atoms with E-state index in [1.165, 1.54) is 5.56 Å². The van der Waals surface area contributed by atoms with Crippen molar-refractivity contribution in [2.45, 2.75) is 19.4 Å². The van der Waals surface area contributed by atoms with E-state index in [4.69, 9.17) is 23.2 Å². The van der Waals surface area contributed by atoms with Crippen LogP contribution in [0.25, 0.3) is 0 Å². The Morgan fingerprint density at radius 1 is 1.11 bits per heavy atom. The second-order valence-electron chi connectivity index (χ2n) is 4.34. The smallest absolute Gasteiger partial charge is 0.0595 e. The Kier molecular flexibility index (Phi) is 5.20. The zero-order valence-electron chi connectivity index (χ0n) is 10.7. The minimum Gasteiger partial charge on any atom is -0.310 e. The van der Waals surface area contributed by atoms with Crippen LogP contribution < -0.4 is 5.32 Å². The summed E-state index contributed by atoms with van der Waals surface area (Å²) in [7, 11) is 0. The van der Waals surface area contributed by atoms with Crippen LogP contribution in [0.15, 0.2) is 42.7 Å². The van der Waals surface area contributed by atoms with Crippen LogP contribution in [-0.2, 0) is 6.42 Å². The van der Waals surface area contributed by atoms with E-state index in [-0.39, 0.29) is 6.04 Å². The fraction of sp³-hybridized carbons (Fsp3) is 0.267. The average Bonchev–Trinajstić information content (AvgIpc) is 2.43. The van der Waals surface area contributed by atoms with E-state index in [1.54, 1.807) is 0 Å². The van der Waals surface area contributed by atoms with Crippen LogP contribution in [0.5, 0.6) is 0 Å². The highest BCUT2D eigenvalue weighted by molar-refractivity contribution is 6.42. The molecule has 1 unspecified atom stereocenters. The van der Waals surface area contributed by atoms with Crippen LogP contribution in [0.3, 0.4) is 0 Å². The van der Waals surface area contributed by atoms with Crippen molar-refractivity contribution in [1.82, 2.24) is 10.3 Å². The van der Waals surface area contributed by atoms with Gasteiger partial charge in [0.15, 0.2) is 0 Å². The maximum atomic E-state index is 6.06. The Morgan fingerprint density at radius 3 is 2.47 bits per heavy atom. The predicted molar refractivity (Wildman–Crippen MR) is 80.8 cm³/mol. The van der Waals surface area contributed by atoms with Crippen molar-refractivity contribution in [3.63, 3.8) is 0 Å². The lowest BCUT2D eigenvalue weighted by Crippen LogP contribution is -2.22. The van der Waals surface area contributed by atoms with Crippen molar-refractivity contribution in [2.75, 3.05) is 6.54 Å². The van der Waals surface area contributed by atoms with Gasteiger partial charge in [0.05, 0.1) is 10.0 Å². The molecule has 2 rings (SSSR count). The van der Waals surface area contributed by atoms with Crippen LogP contribution in [0.1, 0.15) is 24.1 Å². The number of halogens is 2. The van der Waals surface area contributed by atoms with Gasteiger partial charge in [0.1, 0.15) is 0 Å². The third kappa shape index (κ3) is 3.93. The zero-order chi connectivity index (χ0) is 13.7. The monoisotopic (exact) mass is 294 g/mol. The first-order valence-electron chi connectivity index (χ1n) is 6.28. The number of pyridine rings is 1. The summed E-state index contributed by atoms with van der Waals surface area (Å²) in [5, 5.41) is 4.67. The molecule has 4 heteroatoms. The molecule has 0 saturated heterocycles. The van der Waals surface area contributed by atoms with E-state index in [2.05, 4.69) is 17.2 Å². The van der Waals surface area contributed by atoms with Crippen LogP contribution in [0.4, 0.5) is 0 Å². The molecule has 1 atom stereocenters. The summed E-state index contributed by atoms with van der Waals surface area (Å²) in [4.78, 5) is 4.05. The number of likely N-dealkylation sites (N-methyl/N-ethyl adjacent to an activating group) is 1. The maximum Gasteiger partial charge on any atom is 0.0595 e. The molecule has 100 valence electrons. The Bertz CT molecular complexity index is 529. The number of aromatic nitrogens is 1. The molecule has 0 spiro atoms. The highest BCUT2D eigenvalue weighted by Crippen LogP contribution is 2.25. The van der Waals surface area contributed by atoms with Crippen LogP contribution in [-0.4, -0.2) is 11.5 Å². The molecule has 0 fully saturated rings. The molecule has 0 aliphatic heterocycles. The molecule has 19 heavy (non-hydrogen) atoms. The second kappa shape index (κ2) is 6.90. The summed E-state index contributed by atoms with van der Waals surface area (Å²) in [5.41, 5.74) is 2.39. The molecule has 0 amide bonds. The Balaban J connectivity index is 2.19. The fourth-order valence-electron chi connectivity index (χ4n) is 2.05. The highest BCUT2D eigenvalue weighted by atomic mass is 35.5. The minimum atomic E-state index is 0.255. The molecule has 0 aliphatic rings. The van der Waals surface area contributed by atoms with Crippen LogP contribution in [0.2, 0.25) is 10.0 Å². The maximum absolute atomic E-state index is 6.06. The number of benzene rings is 1. The molecule has 0 radical (unpaired) electrons. The standard InChI is InChI=1S/C15H16Cl2N2/c1-2-19-15(12-5-7-18-8-6-12)10-11-3-4-13(16)14(17)9-11/h3-9,15,19H,2,10H2,1H3. The van der Waals surface area contributed by atoms with Gasteiger partial charge in [-0.2, -0.15) is 0 Å². The van der Waals surface area contributed by atoms with E-state index in [0.717, 1.165) is 18.5 Å². The largest absolute Gasteiger partial charge is 0.310 e. The van der Waals surface area contributed by atoms with Crippen LogP contribution in [0, 0.1) is 0 Å². The normalized spacial score (nSPS) is 12.4. The Labute approximate surface area is 123 Å². The van der Waals surface area contributed by atoms with Gasteiger partial charge in [-0.25, -0.2) is 0 Å². The van der Waals surface area contributed by atoms with Gasteiger partial charge in [0.2, 0.25) is 0 Å². The molecule has 1 N–H and O–H groups in total. The fourth-order valence-corrected chi connectivity index (χ4v) is 2.37. The van der Waals surface area contributed by atoms with Crippen LogP contribution >= 0.6 is 23.2 Å². The van der Waals surface area contributed by atoms with Crippen molar-refractivity contribution in [1.29, 1.82) is 0 Å². The van der Waals surface area contributed by atoms with E-state index in [9.17, 15) is 0 Å². The van der Waals surface area contributed by atoms with E-state index in [0.29, 0.717) is 10.0 Å². The molecule has 1 aromatic carbocycles. The summed E-state index contributed by atoms with van der Waals surface area (Å²) >= 11 is 12.0. The first-order chi connectivity index (χ1) is 9.20. The quantitative estimate of drug-likeness (QED) is 0.890. The molecule has 1 heterocycles. The molecular formula is C15H16Cl2N2. The zero-order valence-corrected chi connectivity index (χ0v) is 12.2. The van der Waals surface area contributed by atoms with Gasteiger partial charge >= 0.3 is 0 Å². The van der Waals surface area contributed by atoms with Gasteiger partial charge in [0.25, 0.3) is 0 Å². The highest BCUT2D eigenvalue weighted by Gasteiger charge is 2.11. The molecule has 1 aromatic heterocycles. The SMILES string of the molecule is CCNC(Cc1ccc(Cl)c(Cl)c1)c1ccncc1. The number of nitrogens with one attached hydrogen (secondary N) is 1. The van der Waals surface area contributed by atoms with Crippen molar-refractivity contribution < 1.29 is 0 Å². The number of rotatable bonds is 5. The van der Waals surface area contributed by atoms with Crippen molar-refractivity contribution >= 4 is 23.2 Å². The third-order valence-electron chi connectivity index (χ3n) is 2.98. The number of nitrogens with zero attached hydrogens (tertiary/aromatic N) is 1. The average molecular weight is 295 g/mol. The Hall–Kier alpha value is -1.09. The second-order valence-corrected chi connectivity index (χ2v) is 5.16. The number of hydrogen-bond donors (Lipinski definition) is 1. The lowest BCUT2D eigenvalue weighted by molar-refractivity contribution is 0.549. The first kappa shape index (κ1) is 14.3. The van der Waals surface area contributed by atoms with E-state index >= 15 is 0 Å². The summed E-state index contributed by atoms with van der Waals surface area (Å²) in [6.45, 7) is 3.01. The van der Waals surface area contributed by atoms with Crippen molar-refractivity contribution in [3.05, 3.63) is 63.9 Å². The van der Waals surface area contributed by atoms with Crippen molar-refractivity contribution in [2.24, 2.45) is 0 Å². The summed E-state index contributed by atoms with van der Waals surface area (Å²) in [6.07, 6.45) is 4.50. The third-order valence-corrected chi connectivity index (χ3v) is 3.72. The van der Waals surface area contributed by atoms with E-state index < -0.39 is 0 Å². The molecule has 0 bridgehead atoms. The molecule has 0 saturated carbocycles. The number of hydrogen-bond acceptors (Lipinski definition) is 2. The molecule has 0 aliphatic carbocycles. The minimum absolute atomic E-state index is 0.255. The van der Waals surface area contributed by atoms with E-state index in [1.807, 2.05) is 42.7 Å². The summed E-state index contributed by atoms with van der Waals surface area (Å²) < 4.78 is 0. The van der Waals surface area contributed by atoms with Gasteiger partial charge in [-0.05, 0) is 48.4 Å². The van der Waals surface area contributed by atoms with Gasteiger partial charge in [-0.1, -0.05) is 36.2 Å². The molecule has 2 nitrogen and oxygen atoms in total. The van der Waals surface area contributed by atoms with Gasteiger partial charge in [-0.15, -0.1) is 0 Å². The Morgan fingerprint density at radius 2 is 1.84 bits per heavy atom. The predicted octanol–water partition coefficient (Wildman–Crippen LogP) is 4.28. The molecular weight excluding hydrogens is 279 g/mol.